The van der Waals surface area contributed by atoms with Crippen LogP contribution in [0.15, 0.2) is 61.2 Å². The first kappa shape index (κ1) is 21.6. The number of nitro groups is 1. The summed E-state index contributed by atoms with van der Waals surface area (Å²) in [6.45, 7) is 4.47. The largest absolute Gasteiger partial charge is 0.344 e. The third-order valence-corrected chi connectivity index (χ3v) is 5.64. The molecule has 0 radical (unpaired) electrons. The van der Waals surface area contributed by atoms with Crippen LogP contribution in [0.2, 0.25) is 0 Å². The van der Waals surface area contributed by atoms with Gasteiger partial charge in [0.05, 0.1) is 11.0 Å². The van der Waals surface area contributed by atoms with Crippen molar-refractivity contribution in [1.82, 2.24) is 29.9 Å². The molecule has 1 N–H and O–H groups in total. The van der Waals surface area contributed by atoms with Crippen LogP contribution in [0.5, 0.6) is 0 Å². The van der Waals surface area contributed by atoms with Crippen LogP contribution in [-0.4, -0.2) is 75.2 Å². The van der Waals surface area contributed by atoms with E-state index in [4.69, 9.17) is 0 Å². The van der Waals surface area contributed by atoms with E-state index in [1.165, 1.54) is 29.5 Å². The van der Waals surface area contributed by atoms with Crippen molar-refractivity contribution >= 4 is 11.6 Å². The molecule has 1 unspecified atom stereocenters. The highest BCUT2D eigenvalue weighted by atomic mass is 16.6. The fourth-order valence-corrected chi connectivity index (χ4v) is 3.79. The van der Waals surface area contributed by atoms with Crippen LogP contribution in [0.1, 0.15) is 22.0 Å². The van der Waals surface area contributed by atoms with Crippen molar-refractivity contribution in [2.75, 3.05) is 39.8 Å². The van der Waals surface area contributed by atoms with Crippen molar-refractivity contribution in [2.45, 2.75) is 6.04 Å². The number of nitrogens with one attached hydrogen (secondary N) is 1. The Balaban J connectivity index is 1.56. The Morgan fingerprint density at radius 3 is 2.56 bits per heavy atom. The third kappa shape index (κ3) is 4.98. The summed E-state index contributed by atoms with van der Waals surface area (Å²) in [6.07, 6.45) is 2.68. The molecule has 1 aliphatic heterocycles. The number of hydrogen-bond acceptors (Lipinski definition) is 7. The Labute approximate surface area is 185 Å². The summed E-state index contributed by atoms with van der Waals surface area (Å²) in [5.41, 5.74) is 1.26. The van der Waals surface area contributed by atoms with Gasteiger partial charge in [-0.05, 0) is 24.7 Å². The highest BCUT2D eigenvalue weighted by molar-refractivity contribution is 5.95. The van der Waals surface area contributed by atoms with Gasteiger partial charge in [0, 0.05) is 44.4 Å². The van der Waals surface area contributed by atoms with E-state index >= 15 is 0 Å². The van der Waals surface area contributed by atoms with Gasteiger partial charge in [0.2, 0.25) is 0 Å². The molecule has 32 heavy (non-hydrogen) atoms. The van der Waals surface area contributed by atoms with Gasteiger partial charge in [0.15, 0.2) is 0 Å². The van der Waals surface area contributed by atoms with Crippen LogP contribution in [0.3, 0.4) is 0 Å². The van der Waals surface area contributed by atoms with Crippen LogP contribution < -0.4 is 5.32 Å². The Morgan fingerprint density at radius 1 is 1.16 bits per heavy atom. The van der Waals surface area contributed by atoms with Gasteiger partial charge in [-0.1, -0.05) is 30.3 Å². The number of hydrogen-bond donors (Lipinski definition) is 1. The van der Waals surface area contributed by atoms with Crippen LogP contribution >= 0.6 is 0 Å². The van der Waals surface area contributed by atoms with Crippen molar-refractivity contribution in [3.63, 3.8) is 0 Å². The summed E-state index contributed by atoms with van der Waals surface area (Å²) in [7, 11) is 2.10. The number of rotatable bonds is 7. The third-order valence-electron chi connectivity index (χ3n) is 5.64. The summed E-state index contributed by atoms with van der Waals surface area (Å²) in [5, 5.41) is 18.7. The van der Waals surface area contributed by atoms with E-state index in [0.717, 1.165) is 31.7 Å². The van der Waals surface area contributed by atoms with Crippen LogP contribution in [-0.2, 0) is 0 Å². The van der Waals surface area contributed by atoms with Gasteiger partial charge in [-0.3, -0.25) is 19.8 Å². The molecule has 166 valence electrons. The zero-order valence-corrected chi connectivity index (χ0v) is 17.8. The maximum Gasteiger partial charge on any atom is 0.295 e. The normalized spacial score (nSPS) is 15.9. The molecule has 3 aromatic rings. The van der Waals surface area contributed by atoms with E-state index in [-0.39, 0.29) is 28.9 Å². The Hall–Kier alpha value is -3.63. The Kier molecular flexibility index (Phi) is 6.52. The summed E-state index contributed by atoms with van der Waals surface area (Å²) in [5.74, 6) is -0.360. The molecule has 1 fully saturated rings. The molecule has 0 spiro atoms. The maximum atomic E-state index is 13.1. The fraction of sp³-hybridized carbons (Fsp3) is 0.318. The second kappa shape index (κ2) is 9.67. The quantitative estimate of drug-likeness (QED) is 0.446. The number of benzene rings is 2. The molecular weight excluding hydrogens is 410 g/mol. The Bertz CT molecular complexity index is 1060. The number of nitro benzene ring substituents is 1. The van der Waals surface area contributed by atoms with E-state index in [0.29, 0.717) is 6.54 Å². The molecule has 1 atom stereocenters. The van der Waals surface area contributed by atoms with Crippen molar-refractivity contribution in [2.24, 2.45) is 0 Å². The molecule has 1 saturated heterocycles. The number of carbonyl (C=O) groups is 1. The summed E-state index contributed by atoms with van der Waals surface area (Å²) in [4.78, 5) is 32.6. The minimum absolute atomic E-state index is 0.210. The molecule has 0 aliphatic carbocycles. The van der Waals surface area contributed by atoms with Crippen molar-refractivity contribution in [1.29, 1.82) is 0 Å². The number of nitrogens with zero attached hydrogens (tertiary/aromatic N) is 6. The van der Waals surface area contributed by atoms with Crippen molar-refractivity contribution < 1.29 is 9.72 Å². The second-order valence-electron chi connectivity index (χ2n) is 7.84. The lowest BCUT2D eigenvalue weighted by molar-refractivity contribution is -0.384. The topological polar surface area (TPSA) is 109 Å². The van der Waals surface area contributed by atoms with Gasteiger partial charge in [0.1, 0.15) is 18.3 Å². The van der Waals surface area contributed by atoms with E-state index in [2.05, 4.69) is 32.2 Å². The highest BCUT2D eigenvalue weighted by Crippen LogP contribution is 2.24. The molecule has 1 aromatic heterocycles. The molecule has 1 amide bonds. The zero-order chi connectivity index (χ0) is 22.5. The smallest absolute Gasteiger partial charge is 0.295 e. The molecule has 10 heteroatoms. The predicted octanol–water partition coefficient (Wildman–Crippen LogP) is 1.89. The second-order valence-corrected chi connectivity index (χ2v) is 7.84. The summed E-state index contributed by atoms with van der Waals surface area (Å²) in [6, 6.07) is 13.9. The minimum Gasteiger partial charge on any atom is -0.344 e. The highest BCUT2D eigenvalue weighted by Gasteiger charge is 2.24. The number of likely N-dealkylation sites (N-methyl/N-ethyl adjacent to an activating group) is 1. The average Bonchev–Trinajstić information content (AvgIpc) is 3.35. The molecule has 2 heterocycles. The SMILES string of the molecule is CN1CCN(CC(NC(=O)c2ccc(-n3cncn3)c([N+](=O)[O-])c2)c2ccccc2)CC1. The molecule has 1 aliphatic rings. The van der Waals surface area contributed by atoms with Gasteiger partial charge in [-0.25, -0.2) is 9.67 Å². The van der Waals surface area contributed by atoms with Crippen LogP contribution in [0.25, 0.3) is 5.69 Å². The van der Waals surface area contributed by atoms with Crippen LogP contribution in [0, 0.1) is 10.1 Å². The molecule has 2 aromatic carbocycles. The first-order valence-corrected chi connectivity index (χ1v) is 10.4. The maximum absolute atomic E-state index is 13.1. The van der Waals surface area contributed by atoms with Crippen molar-refractivity contribution in [3.05, 3.63) is 82.4 Å². The van der Waals surface area contributed by atoms with Gasteiger partial charge >= 0.3 is 0 Å². The van der Waals surface area contributed by atoms with Gasteiger partial charge < -0.3 is 10.2 Å². The van der Waals surface area contributed by atoms with Gasteiger partial charge in [-0.15, -0.1) is 0 Å². The lowest BCUT2D eigenvalue weighted by Crippen LogP contribution is -2.47. The molecule has 0 saturated carbocycles. The zero-order valence-electron chi connectivity index (χ0n) is 17.8. The summed E-state index contributed by atoms with van der Waals surface area (Å²) >= 11 is 0. The first-order chi connectivity index (χ1) is 15.5. The first-order valence-electron chi connectivity index (χ1n) is 10.4. The molecule has 10 nitrogen and oxygen atoms in total. The fourth-order valence-electron chi connectivity index (χ4n) is 3.79. The number of amides is 1. The molecule has 4 rings (SSSR count). The average molecular weight is 435 g/mol. The lowest BCUT2D eigenvalue weighted by atomic mass is 10.0. The summed E-state index contributed by atoms with van der Waals surface area (Å²) < 4.78 is 1.31. The molecular formula is C22H25N7O3. The Morgan fingerprint density at radius 2 is 1.91 bits per heavy atom. The lowest BCUT2D eigenvalue weighted by Gasteiger charge is -2.35. The monoisotopic (exact) mass is 435 g/mol. The standard InChI is InChI=1S/C22H25N7O3/c1-26-9-11-27(12-10-26)14-19(17-5-3-2-4-6-17)25-22(30)18-7-8-20(21(13-18)29(31)32)28-16-23-15-24-28/h2-8,13,15-16,19H,9-12,14H2,1H3,(H,25,30). The minimum atomic E-state index is -0.521. The predicted molar refractivity (Wildman–Crippen MR) is 119 cm³/mol. The van der Waals surface area contributed by atoms with Crippen molar-refractivity contribution in [3.8, 4) is 5.69 Å². The number of aromatic nitrogens is 3. The van der Waals surface area contributed by atoms with E-state index in [1.807, 2.05) is 30.3 Å². The van der Waals surface area contributed by atoms with E-state index < -0.39 is 4.92 Å². The van der Waals surface area contributed by atoms with E-state index in [9.17, 15) is 14.9 Å². The number of piperazine rings is 1. The van der Waals surface area contributed by atoms with E-state index in [1.54, 1.807) is 6.07 Å². The van der Waals surface area contributed by atoms with Crippen LogP contribution in [0.4, 0.5) is 5.69 Å². The van der Waals surface area contributed by atoms with Gasteiger partial charge in [0.25, 0.3) is 11.6 Å². The van der Waals surface area contributed by atoms with Gasteiger partial charge in [-0.2, -0.15) is 5.10 Å². The molecule has 0 bridgehead atoms. The number of carbonyl (C=O) groups excluding carboxylic acids is 1.